The summed E-state index contributed by atoms with van der Waals surface area (Å²) in [5.41, 5.74) is 0.614. The monoisotopic (exact) mass is 321 g/mol. The summed E-state index contributed by atoms with van der Waals surface area (Å²) in [4.78, 5) is 4.19. The van der Waals surface area contributed by atoms with Crippen LogP contribution in [0.15, 0.2) is 6.07 Å². The molecule has 0 saturated carbocycles. The highest BCUT2D eigenvalue weighted by Crippen LogP contribution is 2.26. The standard InChI is InChI=1S/C11H16INO2/c1-4-8(5-2)15-10-6-9(12)11(14)7(3)13-10/h6,8,14H,4-5H2,1-3H3. The normalized spacial score (nSPS) is 10.7. The molecule has 1 N–H and O–H groups in total. The number of hydrogen-bond donors (Lipinski definition) is 1. The summed E-state index contributed by atoms with van der Waals surface area (Å²) in [6, 6.07) is 1.77. The lowest BCUT2D eigenvalue weighted by Gasteiger charge is -2.15. The van der Waals surface area contributed by atoms with Crippen molar-refractivity contribution in [2.45, 2.75) is 39.7 Å². The van der Waals surface area contributed by atoms with Crippen LogP contribution in [-0.2, 0) is 0 Å². The van der Waals surface area contributed by atoms with Crippen molar-refractivity contribution in [1.82, 2.24) is 4.98 Å². The van der Waals surface area contributed by atoms with Gasteiger partial charge in [0, 0.05) is 6.07 Å². The summed E-state index contributed by atoms with van der Waals surface area (Å²) >= 11 is 2.08. The summed E-state index contributed by atoms with van der Waals surface area (Å²) in [6.07, 6.45) is 2.14. The van der Waals surface area contributed by atoms with E-state index >= 15 is 0 Å². The van der Waals surface area contributed by atoms with Crippen molar-refractivity contribution < 1.29 is 9.84 Å². The van der Waals surface area contributed by atoms with E-state index < -0.39 is 0 Å². The van der Waals surface area contributed by atoms with Crippen molar-refractivity contribution in [3.63, 3.8) is 0 Å². The second kappa shape index (κ2) is 5.53. The molecular weight excluding hydrogens is 305 g/mol. The summed E-state index contributed by atoms with van der Waals surface area (Å²) < 4.78 is 6.48. The van der Waals surface area contributed by atoms with E-state index in [9.17, 15) is 5.11 Å². The second-order valence-corrected chi connectivity index (χ2v) is 4.59. The zero-order valence-electron chi connectivity index (χ0n) is 9.25. The Morgan fingerprint density at radius 2 is 2.07 bits per heavy atom. The molecule has 0 aromatic carbocycles. The fourth-order valence-electron chi connectivity index (χ4n) is 1.29. The number of nitrogens with zero attached hydrogens (tertiary/aromatic N) is 1. The fraction of sp³-hybridized carbons (Fsp3) is 0.545. The first-order valence-corrected chi connectivity index (χ1v) is 6.19. The van der Waals surface area contributed by atoms with Gasteiger partial charge >= 0.3 is 0 Å². The summed E-state index contributed by atoms with van der Waals surface area (Å²) in [6.45, 7) is 5.95. The summed E-state index contributed by atoms with van der Waals surface area (Å²) in [5.74, 6) is 0.843. The molecule has 1 rings (SSSR count). The molecule has 0 aliphatic heterocycles. The second-order valence-electron chi connectivity index (χ2n) is 3.43. The predicted octanol–water partition coefficient (Wildman–Crippen LogP) is 3.27. The Morgan fingerprint density at radius 3 is 2.53 bits per heavy atom. The van der Waals surface area contributed by atoms with Gasteiger partial charge < -0.3 is 9.84 Å². The van der Waals surface area contributed by atoms with Crippen molar-refractivity contribution >= 4 is 22.6 Å². The Morgan fingerprint density at radius 1 is 1.47 bits per heavy atom. The number of rotatable bonds is 4. The Bertz CT molecular complexity index is 314. The summed E-state index contributed by atoms with van der Waals surface area (Å²) in [5, 5.41) is 9.55. The predicted molar refractivity (Wildman–Crippen MR) is 68.4 cm³/mol. The van der Waals surface area contributed by atoms with Gasteiger partial charge in [-0.3, -0.25) is 0 Å². The lowest BCUT2D eigenvalue weighted by molar-refractivity contribution is 0.184. The number of aryl methyl sites for hydroxylation is 1. The van der Waals surface area contributed by atoms with Gasteiger partial charge in [0.1, 0.15) is 5.75 Å². The lowest BCUT2D eigenvalue weighted by atomic mass is 10.2. The van der Waals surface area contributed by atoms with Crippen LogP contribution in [0, 0.1) is 10.5 Å². The molecule has 0 atom stereocenters. The van der Waals surface area contributed by atoms with E-state index in [4.69, 9.17) is 4.74 Å². The first-order chi connectivity index (χ1) is 7.08. The van der Waals surface area contributed by atoms with E-state index in [1.54, 1.807) is 13.0 Å². The van der Waals surface area contributed by atoms with E-state index in [1.807, 2.05) is 0 Å². The topological polar surface area (TPSA) is 42.4 Å². The van der Waals surface area contributed by atoms with Crippen molar-refractivity contribution in [1.29, 1.82) is 0 Å². The number of aromatic nitrogens is 1. The Balaban J connectivity index is 2.87. The van der Waals surface area contributed by atoms with E-state index in [0.29, 0.717) is 11.6 Å². The molecule has 0 aliphatic carbocycles. The molecular formula is C11H16INO2. The maximum atomic E-state index is 9.55. The van der Waals surface area contributed by atoms with Crippen LogP contribution in [0.2, 0.25) is 0 Å². The molecule has 0 spiro atoms. The quantitative estimate of drug-likeness (QED) is 0.866. The maximum Gasteiger partial charge on any atom is 0.215 e. The van der Waals surface area contributed by atoms with E-state index in [1.165, 1.54) is 0 Å². The third kappa shape index (κ3) is 3.22. The van der Waals surface area contributed by atoms with Crippen molar-refractivity contribution in [2.24, 2.45) is 0 Å². The van der Waals surface area contributed by atoms with Gasteiger partial charge in [-0.15, -0.1) is 0 Å². The van der Waals surface area contributed by atoms with Gasteiger partial charge in [-0.2, -0.15) is 0 Å². The highest BCUT2D eigenvalue weighted by atomic mass is 127. The molecule has 0 radical (unpaired) electrons. The smallest absolute Gasteiger partial charge is 0.215 e. The average Bonchev–Trinajstić information content (AvgIpc) is 2.22. The third-order valence-corrected chi connectivity index (χ3v) is 3.12. The van der Waals surface area contributed by atoms with E-state index in [0.717, 1.165) is 16.4 Å². The molecule has 0 aliphatic rings. The zero-order valence-corrected chi connectivity index (χ0v) is 11.4. The average molecular weight is 321 g/mol. The van der Waals surface area contributed by atoms with Gasteiger partial charge in [0.05, 0.1) is 15.4 Å². The number of hydrogen-bond acceptors (Lipinski definition) is 3. The molecule has 1 aromatic rings. The van der Waals surface area contributed by atoms with Crippen LogP contribution >= 0.6 is 22.6 Å². The van der Waals surface area contributed by atoms with Crippen molar-refractivity contribution in [3.8, 4) is 11.6 Å². The molecule has 4 heteroatoms. The Labute approximate surface area is 104 Å². The minimum atomic E-state index is 0.206. The molecule has 15 heavy (non-hydrogen) atoms. The van der Waals surface area contributed by atoms with Crippen LogP contribution in [-0.4, -0.2) is 16.2 Å². The lowest BCUT2D eigenvalue weighted by Crippen LogP contribution is -2.14. The minimum Gasteiger partial charge on any atom is -0.505 e. The van der Waals surface area contributed by atoms with Gasteiger partial charge in [0.2, 0.25) is 5.88 Å². The molecule has 0 saturated heterocycles. The van der Waals surface area contributed by atoms with Gasteiger partial charge in [-0.1, -0.05) is 13.8 Å². The van der Waals surface area contributed by atoms with E-state index in [-0.39, 0.29) is 11.9 Å². The Hall–Kier alpha value is -0.520. The third-order valence-electron chi connectivity index (χ3n) is 2.30. The van der Waals surface area contributed by atoms with Gasteiger partial charge in [0.15, 0.2) is 0 Å². The SMILES string of the molecule is CCC(CC)Oc1cc(I)c(O)c(C)n1. The molecule has 3 nitrogen and oxygen atoms in total. The molecule has 0 bridgehead atoms. The van der Waals surface area contributed by atoms with Gasteiger partial charge in [-0.05, 0) is 42.4 Å². The van der Waals surface area contributed by atoms with Crippen LogP contribution in [0.4, 0.5) is 0 Å². The van der Waals surface area contributed by atoms with Crippen molar-refractivity contribution in [3.05, 3.63) is 15.3 Å². The van der Waals surface area contributed by atoms with Crippen LogP contribution in [0.5, 0.6) is 11.6 Å². The van der Waals surface area contributed by atoms with Gasteiger partial charge in [-0.25, -0.2) is 4.98 Å². The van der Waals surface area contributed by atoms with Crippen LogP contribution in [0.3, 0.4) is 0 Å². The molecule has 0 fully saturated rings. The first kappa shape index (κ1) is 12.5. The van der Waals surface area contributed by atoms with Gasteiger partial charge in [0.25, 0.3) is 0 Å². The van der Waals surface area contributed by atoms with Crippen molar-refractivity contribution in [2.75, 3.05) is 0 Å². The molecule has 84 valence electrons. The highest BCUT2D eigenvalue weighted by Gasteiger charge is 2.10. The Kier molecular flexibility index (Phi) is 4.63. The number of aromatic hydroxyl groups is 1. The zero-order chi connectivity index (χ0) is 11.4. The number of ether oxygens (including phenoxy) is 1. The summed E-state index contributed by atoms with van der Waals surface area (Å²) in [7, 11) is 0. The molecule has 1 heterocycles. The number of pyridine rings is 1. The van der Waals surface area contributed by atoms with Crippen LogP contribution in [0.25, 0.3) is 0 Å². The first-order valence-electron chi connectivity index (χ1n) is 5.11. The highest BCUT2D eigenvalue weighted by molar-refractivity contribution is 14.1. The maximum absolute atomic E-state index is 9.55. The molecule has 0 amide bonds. The minimum absolute atomic E-state index is 0.206. The number of halogens is 1. The molecule has 1 aromatic heterocycles. The van der Waals surface area contributed by atoms with Crippen LogP contribution in [0.1, 0.15) is 32.4 Å². The molecule has 0 unspecified atom stereocenters. The largest absolute Gasteiger partial charge is 0.505 e. The van der Waals surface area contributed by atoms with Crippen LogP contribution < -0.4 is 4.74 Å². The fourth-order valence-corrected chi connectivity index (χ4v) is 1.94. The van der Waals surface area contributed by atoms with E-state index in [2.05, 4.69) is 41.4 Å².